The first-order valence-electron chi connectivity index (χ1n) is 11.0. The van der Waals surface area contributed by atoms with Crippen LogP contribution in [0.15, 0.2) is 36.8 Å². The van der Waals surface area contributed by atoms with Crippen LogP contribution in [-0.2, 0) is 15.8 Å². The Morgan fingerprint density at radius 2 is 1.81 bits per heavy atom. The Balaban J connectivity index is 1.38. The smallest absolute Gasteiger partial charge is 0.192 e. The molecule has 4 rings (SSSR count). The molecule has 1 aliphatic rings. The molecule has 0 aliphatic heterocycles. The molecule has 3 aromatic rings. The summed E-state index contributed by atoms with van der Waals surface area (Å²) in [5.41, 5.74) is 8.69. The van der Waals surface area contributed by atoms with Crippen LogP contribution in [0.25, 0.3) is 16.6 Å². The molecule has 7 nitrogen and oxygen atoms in total. The van der Waals surface area contributed by atoms with Crippen molar-refractivity contribution in [2.24, 2.45) is 0 Å². The van der Waals surface area contributed by atoms with E-state index in [9.17, 15) is 0 Å². The second-order valence-electron chi connectivity index (χ2n) is 9.94. The molecular weight excluding hydrogens is 406 g/mol. The quantitative estimate of drug-likeness (QED) is 0.553. The second kappa shape index (κ2) is 8.33. The number of hydrogen-bond donors (Lipinski definition) is 1. The molecule has 3 heterocycles. The minimum absolute atomic E-state index is 0.118. The standard InChI is InChI=1S/C23H33N5O2Si/c1-23(2,3)31(4,5)30-20-8-6-7-19(20)29-15-22-25-13-17(14-26-22)16-9-10-28-18(11-16)12-21(24)27-28/h9-14,19-20H,6-8,15H2,1-5H3,(H2,24,27)/t19-,20?/m0/s1. The lowest BCUT2D eigenvalue weighted by atomic mass is 10.1. The predicted molar refractivity (Wildman–Crippen MR) is 125 cm³/mol. The van der Waals surface area contributed by atoms with Gasteiger partial charge in [0.2, 0.25) is 0 Å². The van der Waals surface area contributed by atoms with E-state index >= 15 is 0 Å². The Kier molecular flexibility index (Phi) is 5.89. The average Bonchev–Trinajstić information content (AvgIpc) is 3.29. The third-order valence-electron chi connectivity index (χ3n) is 6.59. The molecular formula is C23H33N5O2Si. The van der Waals surface area contributed by atoms with Gasteiger partial charge in [-0.2, -0.15) is 5.10 Å². The van der Waals surface area contributed by atoms with Crippen LogP contribution in [0.2, 0.25) is 18.1 Å². The second-order valence-corrected chi connectivity index (χ2v) is 14.7. The molecule has 166 valence electrons. The van der Waals surface area contributed by atoms with Gasteiger partial charge in [-0.3, -0.25) is 0 Å². The molecule has 3 aromatic heterocycles. The van der Waals surface area contributed by atoms with Gasteiger partial charge < -0.3 is 14.9 Å². The van der Waals surface area contributed by atoms with Crippen LogP contribution in [0.4, 0.5) is 5.82 Å². The highest BCUT2D eigenvalue weighted by molar-refractivity contribution is 6.74. The topological polar surface area (TPSA) is 87.6 Å². The summed E-state index contributed by atoms with van der Waals surface area (Å²) in [4.78, 5) is 9.05. The maximum atomic E-state index is 6.64. The first kappa shape index (κ1) is 21.9. The highest BCUT2D eigenvalue weighted by Gasteiger charge is 2.42. The number of anilines is 1. The van der Waals surface area contributed by atoms with Crippen molar-refractivity contribution in [3.63, 3.8) is 0 Å². The molecule has 2 N–H and O–H groups in total. The maximum absolute atomic E-state index is 6.64. The van der Waals surface area contributed by atoms with E-state index < -0.39 is 8.32 Å². The first-order valence-corrected chi connectivity index (χ1v) is 13.9. The lowest BCUT2D eigenvalue weighted by Crippen LogP contribution is -2.46. The molecule has 1 saturated carbocycles. The van der Waals surface area contributed by atoms with E-state index in [0.717, 1.165) is 35.9 Å². The third kappa shape index (κ3) is 4.81. The van der Waals surface area contributed by atoms with Crippen LogP contribution in [0, 0.1) is 0 Å². The molecule has 1 aliphatic carbocycles. The van der Waals surface area contributed by atoms with Gasteiger partial charge in [-0.1, -0.05) is 20.8 Å². The minimum Gasteiger partial charge on any atom is -0.411 e. The normalized spacial score (nSPS) is 19.9. The molecule has 0 bridgehead atoms. The van der Waals surface area contributed by atoms with E-state index in [1.807, 2.05) is 36.8 Å². The number of hydrogen-bond acceptors (Lipinski definition) is 6. The fraction of sp³-hybridized carbons (Fsp3) is 0.522. The zero-order valence-electron chi connectivity index (χ0n) is 19.1. The summed E-state index contributed by atoms with van der Waals surface area (Å²) in [7, 11) is -1.81. The van der Waals surface area contributed by atoms with Crippen molar-refractivity contribution in [1.29, 1.82) is 0 Å². The zero-order valence-corrected chi connectivity index (χ0v) is 20.1. The number of rotatable bonds is 6. The molecule has 8 heteroatoms. The van der Waals surface area contributed by atoms with Gasteiger partial charge in [-0.15, -0.1) is 0 Å². The van der Waals surface area contributed by atoms with Crippen molar-refractivity contribution in [2.75, 3.05) is 5.73 Å². The van der Waals surface area contributed by atoms with E-state index in [2.05, 4.69) is 48.9 Å². The Labute approximate surface area is 185 Å². The van der Waals surface area contributed by atoms with Crippen LogP contribution in [0.1, 0.15) is 45.9 Å². The van der Waals surface area contributed by atoms with E-state index in [4.69, 9.17) is 14.9 Å². The molecule has 2 atom stereocenters. The van der Waals surface area contributed by atoms with Crippen LogP contribution in [0.5, 0.6) is 0 Å². The fourth-order valence-corrected chi connectivity index (χ4v) is 5.11. The number of nitrogens with two attached hydrogens (primary N) is 1. The van der Waals surface area contributed by atoms with Gasteiger partial charge in [0.05, 0.1) is 17.7 Å². The van der Waals surface area contributed by atoms with Gasteiger partial charge >= 0.3 is 0 Å². The van der Waals surface area contributed by atoms with Crippen LogP contribution < -0.4 is 5.73 Å². The molecule has 0 radical (unpaired) electrons. The lowest BCUT2D eigenvalue weighted by molar-refractivity contribution is -0.0244. The van der Waals surface area contributed by atoms with Crippen LogP contribution in [0.3, 0.4) is 0 Å². The van der Waals surface area contributed by atoms with Crippen molar-refractivity contribution in [3.05, 3.63) is 42.6 Å². The molecule has 1 unspecified atom stereocenters. The molecule has 0 aromatic carbocycles. The predicted octanol–water partition coefficient (Wildman–Crippen LogP) is 4.83. The Hall–Kier alpha value is -2.29. The molecule has 0 amide bonds. The summed E-state index contributed by atoms with van der Waals surface area (Å²) in [6, 6.07) is 5.85. The van der Waals surface area contributed by atoms with Crippen molar-refractivity contribution in [2.45, 2.75) is 77.0 Å². The third-order valence-corrected chi connectivity index (χ3v) is 11.1. The fourth-order valence-electron chi connectivity index (χ4n) is 3.73. The number of aromatic nitrogens is 4. The highest BCUT2D eigenvalue weighted by atomic mass is 28.4. The number of fused-ring (bicyclic) bond motifs is 1. The van der Waals surface area contributed by atoms with Gasteiger partial charge in [0.15, 0.2) is 14.1 Å². The summed E-state index contributed by atoms with van der Waals surface area (Å²) in [6.07, 6.45) is 9.11. The van der Waals surface area contributed by atoms with Crippen molar-refractivity contribution in [1.82, 2.24) is 19.6 Å². The van der Waals surface area contributed by atoms with E-state index in [0.29, 0.717) is 18.2 Å². The summed E-state index contributed by atoms with van der Waals surface area (Å²) in [5.74, 6) is 1.19. The van der Waals surface area contributed by atoms with Gasteiger partial charge in [-0.05, 0) is 55.1 Å². The Morgan fingerprint density at radius 3 is 2.52 bits per heavy atom. The van der Waals surface area contributed by atoms with Crippen molar-refractivity contribution >= 4 is 19.7 Å². The van der Waals surface area contributed by atoms with E-state index in [1.54, 1.807) is 4.52 Å². The minimum atomic E-state index is -1.81. The summed E-state index contributed by atoms with van der Waals surface area (Å²) >= 11 is 0. The highest BCUT2D eigenvalue weighted by Crippen LogP contribution is 2.40. The monoisotopic (exact) mass is 439 g/mol. The number of pyridine rings is 1. The maximum Gasteiger partial charge on any atom is 0.192 e. The van der Waals surface area contributed by atoms with Crippen LogP contribution in [-0.4, -0.2) is 40.1 Å². The van der Waals surface area contributed by atoms with Crippen molar-refractivity contribution < 1.29 is 9.16 Å². The molecule has 0 spiro atoms. The van der Waals surface area contributed by atoms with E-state index in [1.165, 1.54) is 0 Å². The summed E-state index contributed by atoms with van der Waals surface area (Å²) < 4.78 is 14.6. The largest absolute Gasteiger partial charge is 0.411 e. The number of nitrogen functional groups attached to an aromatic ring is 1. The SMILES string of the molecule is CC(C)(C)[Si](C)(C)OC1CCC[C@@H]1OCc1ncc(-c2ccn3nc(N)cc3c2)cn1. The Morgan fingerprint density at radius 1 is 1.10 bits per heavy atom. The average molecular weight is 440 g/mol. The van der Waals surface area contributed by atoms with E-state index in [-0.39, 0.29) is 17.2 Å². The van der Waals surface area contributed by atoms with Crippen molar-refractivity contribution in [3.8, 4) is 11.1 Å². The number of nitrogens with zero attached hydrogens (tertiary/aromatic N) is 4. The van der Waals surface area contributed by atoms with Gasteiger partial charge in [0.25, 0.3) is 0 Å². The molecule has 31 heavy (non-hydrogen) atoms. The Bertz CT molecular complexity index is 1040. The molecule has 0 saturated heterocycles. The summed E-state index contributed by atoms with van der Waals surface area (Å²) in [5, 5.41) is 4.40. The van der Waals surface area contributed by atoms with Crippen LogP contribution >= 0.6 is 0 Å². The zero-order chi connectivity index (χ0) is 22.2. The molecule has 1 fully saturated rings. The first-order chi connectivity index (χ1) is 14.6. The number of ether oxygens (including phenoxy) is 1. The van der Waals surface area contributed by atoms with Gasteiger partial charge in [-0.25, -0.2) is 14.5 Å². The summed E-state index contributed by atoms with van der Waals surface area (Å²) in [6.45, 7) is 11.8. The van der Waals surface area contributed by atoms with Gasteiger partial charge in [0.1, 0.15) is 12.4 Å². The van der Waals surface area contributed by atoms with Gasteiger partial charge in [0, 0.05) is 30.2 Å². The lowest BCUT2D eigenvalue weighted by Gasteiger charge is -2.39.